The predicted molar refractivity (Wildman–Crippen MR) is 130 cm³/mol. The number of carbonyl (C=O) groups is 1. The lowest BCUT2D eigenvalue weighted by Gasteiger charge is -2.13. The Morgan fingerprint density at radius 2 is 1.79 bits per heavy atom. The number of hydrogen-bond acceptors (Lipinski definition) is 5. The summed E-state index contributed by atoms with van der Waals surface area (Å²) in [5.41, 5.74) is 1.39. The van der Waals surface area contributed by atoms with E-state index in [1.165, 1.54) is 12.1 Å². The normalized spacial score (nSPS) is 15.7. The summed E-state index contributed by atoms with van der Waals surface area (Å²) in [6.45, 7) is 1.24. The Kier molecular flexibility index (Phi) is 7.32. The number of carbonyl (C=O) groups excluding carboxylic acids is 1. The van der Waals surface area contributed by atoms with Crippen LogP contribution in [0.15, 0.2) is 82.2 Å². The number of para-hydroxylation sites is 1. The van der Waals surface area contributed by atoms with E-state index >= 15 is 0 Å². The van der Waals surface area contributed by atoms with Gasteiger partial charge in [-0.25, -0.2) is 8.42 Å². The summed E-state index contributed by atoms with van der Waals surface area (Å²) in [6, 6.07) is 19.7. The van der Waals surface area contributed by atoms with Crippen molar-refractivity contribution in [2.75, 3.05) is 23.3 Å². The van der Waals surface area contributed by atoms with Crippen LogP contribution in [0, 0.1) is 0 Å². The maximum Gasteiger partial charge on any atom is 0.261 e. The molecule has 172 valence electrons. The molecule has 1 saturated heterocycles. The number of amides is 1. The second-order valence-corrected chi connectivity index (χ2v) is 10.1. The van der Waals surface area contributed by atoms with Gasteiger partial charge in [-0.1, -0.05) is 18.2 Å². The molecule has 2 N–H and O–H groups in total. The number of sulfonamides is 1. The highest BCUT2D eigenvalue weighted by Crippen LogP contribution is 2.27. The van der Waals surface area contributed by atoms with Crippen LogP contribution in [0.2, 0.25) is 0 Å². The van der Waals surface area contributed by atoms with Gasteiger partial charge < -0.3 is 14.8 Å². The number of benzene rings is 3. The molecule has 1 heterocycles. The second-order valence-electron chi connectivity index (χ2n) is 7.54. The van der Waals surface area contributed by atoms with Crippen molar-refractivity contribution in [1.82, 2.24) is 0 Å². The van der Waals surface area contributed by atoms with E-state index in [2.05, 4.69) is 26.0 Å². The molecule has 0 saturated carbocycles. The van der Waals surface area contributed by atoms with Crippen molar-refractivity contribution in [3.63, 3.8) is 0 Å². The average molecular weight is 531 g/mol. The SMILES string of the molecule is O=C(Nc1ccc(S(=O)(=O)Nc2ccccc2)cc1)c1ccc(OCC2CCCO2)c(Br)c1. The van der Waals surface area contributed by atoms with Crippen LogP contribution in [-0.2, 0) is 14.8 Å². The van der Waals surface area contributed by atoms with Gasteiger partial charge in [0, 0.05) is 23.5 Å². The largest absolute Gasteiger partial charge is 0.490 e. The Morgan fingerprint density at radius 3 is 2.45 bits per heavy atom. The molecule has 1 unspecified atom stereocenters. The number of hydrogen-bond donors (Lipinski definition) is 2. The van der Waals surface area contributed by atoms with Crippen molar-refractivity contribution < 1.29 is 22.7 Å². The van der Waals surface area contributed by atoms with E-state index in [1.807, 2.05) is 0 Å². The Bertz CT molecular complexity index is 1210. The monoisotopic (exact) mass is 530 g/mol. The van der Waals surface area contributed by atoms with Crippen molar-refractivity contribution in [3.8, 4) is 5.75 Å². The van der Waals surface area contributed by atoms with Crippen molar-refractivity contribution in [2.45, 2.75) is 23.8 Å². The first-order valence-corrected chi connectivity index (χ1v) is 12.7. The van der Waals surface area contributed by atoms with Crippen LogP contribution in [0.4, 0.5) is 11.4 Å². The molecule has 1 atom stereocenters. The van der Waals surface area contributed by atoms with Crippen LogP contribution in [0.25, 0.3) is 0 Å². The molecule has 1 aliphatic rings. The lowest BCUT2D eigenvalue weighted by Crippen LogP contribution is -2.17. The molecule has 1 amide bonds. The van der Waals surface area contributed by atoms with Gasteiger partial charge in [0.25, 0.3) is 15.9 Å². The van der Waals surface area contributed by atoms with Crippen molar-refractivity contribution >= 4 is 43.2 Å². The summed E-state index contributed by atoms with van der Waals surface area (Å²) >= 11 is 3.45. The van der Waals surface area contributed by atoms with Gasteiger partial charge in [0.1, 0.15) is 12.4 Å². The maximum atomic E-state index is 12.6. The number of ether oxygens (including phenoxy) is 2. The fraction of sp³-hybridized carbons (Fsp3) is 0.208. The van der Waals surface area contributed by atoms with Gasteiger partial charge in [-0.05, 0) is 83.4 Å². The summed E-state index contributed by atoms with van der Waals surface area (Å²) in [5.74, 6) is 0.321. The van der Waals surface area contributed by atoms with E-state index in [4.69, 9.17) is 9.47 Å². The molecular formula is C24H23BrN2O5S. The summed E-state index contributed by atoms with van der Waals surface area (Å²) in [4.78, 5) is 12.7. The first-order valence-electron chi connectivity index (χ1n) is 10.4. The van der Waals surface area contributed by atoms with Gasteiger partial charge >= 0.3 is 0 Å². The molecule has 0 spiro atoms. The number of rotatable bonds is 8. The molecular weight excluding hydrogens is 508 g/mol. The zero-order valence-electron chi connectivity index (χ0n) is 17.7. The first kappa shape index (κ1) is 23.3. The first-order chi connectivity index (χ1) is 15.9. The van der Waals surface area contributed by atoms with E-state index in [0.29, 0.717) is 33.8 Å². The van der Waals surface area contributed by atoms with Gasteiger partial charge in [0.15, 0.2) is 0 Å². The molecule has 3 aromatic rings. The van der Waals surface area contributed by atoms with Gasteiger partial charge in [0.05, 0.1) is 15.5 Å². The van der Waals surface area contributed by atoms with Gasteiger partial charge in [-0.15, -0.1) is 0 Å². The molecule has 7 nitrogen and oxygen atoms in total. The highest BCUT2D eigenvalue weighted by atomic mass is 79.9. The molecule has 1 aliphatic heterocycles. The van der Waals surface area contributed by atoms with E-state index in [1.54, 1.807) is 60.7 Å². The van der Waals surface area contributed by atoms with Crippen molar-refractivity contribution in [3.05, 3.63) is 82.8 Å². The van der Waals surface area contributed by atoms with Crippen LogP contribution < -0.4 is 14.8 Å². The third kappa shape index (κ3) is 6.13. The molecule has 0 radical (unpaired) electrons. The molecule has 9 heteroatoms. The fourth-order valence-corrected chi connectivity index (χ4v) is 4.91. The highest BCUT2D eigenvalue weighted by Gasteiger charge is 2.18. The van der Waals surface area contributed by atoms with Gasteiger partial charge in [0.2, 0.25) is 0 Å². The molecule has 0 bridgehead atoms. The minimum Gasteiger partial charge on any atom is -0.490 e. The standard InChI is InChI=1S/C24H23BrN2O5S/c25-22-15-17(8-13-23(22)32-16-20-7-4-14-31-20)24(28)26-18-9-11-21(12-10-18)33(29,30)27-19-5-2-1-3-6-19/h1-3,5-6,8-13,15,20,27H,4,7,14,16H2,(H,26,28). The summed E-state index contributed by atoms with van der Waals surface area (Å²) in [6.07, 6.45) is 2.14. The quantitative estimate of drug-likeness (QED) is 0.424. The molecule has 1 fully saturated rings. The zero-order valence-corrected chi connectivity index (χ0v) is 20.1. The lowest BCUT2D eigenvalue weighted by molar-refractivity contribution is 0.0677. The smallest absolute Gasteiger partial charge is 0.261 e. The molecule has 0 aliphatic carbocycles. The van der Waals surface area contributed by atoms with Crippen molar-refractivity contribution in [1.29, 1.82) is 0 Å². The highest BCUT2D eigenvalue weighted by molar-refractivity contribution is 9.10. The van der Waals surface area contributed by atoms with Crippen LogP contribution in [0.3, 0.4) is 0 Å². The summed E-state index contributed by atoms with van der Waals surface area (Å²) in [7, 11) is -3.72. The average Bonchev–Trinajstić information content (AvgIpc) is 3.33. The molecule has 33 heavy (non-hydrogen) atoms. The third-order valence-corrected chi connectivity index (χ3v) is 7.11. The van der Waals surface area contributed by atoms with Crippen LogP contribution in [0.1, 0.15) is 23.2 Å². The Labute approximate surface area is 201 Å². The van der Waals surface area contributed by atoms with Crippen LogP contribution in [0.5, 0.6) is 5.75 Å². The molecule has 4 rings (SSSR count). The Morgan fingerprint density at radius 1 is 1.03 bits per heavy atom. The molecule has 3 aromatic carbocycles. The zero-order chi connectivity index (χ0) is 23.3. The van der Waals surface area contributed by atoms with E-state index in [0.717, 1.165) is 19.4 Å². The number of anilines is 2. The number of halogens is 1. The van der Waals surface area contributed by atoms with Gasteiger partial charge in [-0.2, -0.15) is 0 Å². The minimum absolute atomic E-state index is 0.0971. The Balaban J connectivity index is 1.37. The van der Waals surface area contributed by atoms with Crippen LogP contribution >= 0.6 is 15.9 Å². The topological polar surface area (TPSA) is 93.7 Å². The fourth-order valence-electron chi connectivity index (χ4n) is 3.36. The van der Waals surface area contributed by atoms with Crippen LogP contribution in [-0.4, -0.2) is 33.6 Å². The van der Waals surface area contributed by atoms with Gasteiger partial charge in [-0.3, -0.25) is 9.52 Å². The summed E-state index contributed by atoms with van der Waals surface area (Å²) < 4.78 is 39.6. The Hall–Kier alpha value is -2.88. The summed E-state index contributed by atoms with van der Waals surface area (Å²) in [5, 5.41) is 2.77. The minimum atomic E-state index is -3.72. The van der Waals surface area contributed by atoms with E-state index < -0.39 is 10.0 Å². The number of nitrogens with one attached hydrogen (secondary N) is 2. The van der Waals surface area contributed by atoms with Crippen molar-refractivity contribution in [2.24, 2.45) is 0 Å². The lowest BCUT2D eigenvalue weighted by atomic mass is 10.2. The van der Waals surface area contributed by atoms with E-state index in [9.17, 15) is 13.2 Å². The molecule has 0 aromatic heterocycles. The van der Waals surface area contributed by atoms with E-state index in [-0.39, 0.29) is 16.9 Å². The third-order valence-electron chi connectivity index (χ3n) is 5.09. The maximum absolute atomic E-state index is 12.6. The second kappa shape index (κ2) is 10.4. The predicted octanol–water partition coefficient (Wildman–Crippen LogP) is 5.06.